The van der Waals surface area contributed by atoms with Crippen molar-refractivity contribution in [1.29, 1.82) is 0 Å². The van der Waals surface area contributed by atoms with Gasteiger partial charge in [-0.15, -0.1) is 0 Å². The number of hydrogen-bond donors (Lipinski definition) is 1. The number of rotatable bonds is 5. The highest BCUT2D eigenvalue weighted by Crippen LogP contribution is 2.26. The summed E-state index contributed by atoms with van der Waals surface area (Å²) >= 11 is 0. The lowest BCUT2D eigenvalue weighted by Gasteiger charge is -2.12. The van der Waals surface area contributed by atoms with Crippen LogP contribution in [-0.2, 0) is 17.9 Å². The molecule has 7 heteroatoms. The van der Waals surface area contributed by atoms with Gasteiger partial charge in [-0.05, 0) is 46.5 Å². The van der Waals surface area contributed by atoms with Crippen LogP contribution in [0.15, 0.2) is 36.7 Å². The van der Waals surface area contributed by atoms with Crippen LogP contribution in [0.4, 0.5) is 0 Å². The number of carboxylic acid groups (broad SMARTS) is 1. The molecule has 0 aliphatic carbocycles. The maximum absolute atomic E-state index is 8.36. The Morgan fingerprint density at radius 3 is 2.56 bits per heavy atom. The molecule has 3 rings (SSSR count). The van der Waals surface area contributed by atoms with E-state index in [2.05, 4.69) is 78.7 Å². The highest BCUT2D eigenvalue weighted by Gasteiger charge is 2.16. The molecule has 0 amide bonds. The average Bonchev–Trinajstić information content (AvgIpc) is 3.19. The van der Waals surface area contributed by atoms with Crippen LogP contribution >= 0.6 is 0 Å². The van der Waals surface area contributed by atoms with E-state index in [9.17, 15) is 0 Å². The minimum atomic E-state index is -0.250. The fourth-order valence-corrected chi connectivity index (χ4v) is 3.22. The summed E-state index contributed by atoms with van der Waals surface area (Å²) in [5.41, 5.74) is 5.73. The average molecular weight is 369 g/mol. The number of hydrogen-bond acceptors (Lipinski definition) is 4. The van der Waals surface area contributed by atoms with Gasteiger partial charge < -0.3 is 10.0 Å². The van der Waals surface area contributed by atoms with E-state index < -0.39 is 0 Å². The molecule has 1 aromatic carbocycles. The number of benzene rings is 1. The molecule has 144 valence electrons. The van der Waals surface area contributed by atoms with Crippen molar-refractivity contribution in [3.63, 3.8) is 0 Å². The molecular weight excluding hydrogens is 342 g/mol. The van der Waals surface area contributed by atoms with Crippen molar-refractivity contribution in [3.05, 3.63) is 53.6 Å². The molecule has 0 atom stereocenters. The van der Waals surface area contributed by atoms with Crippen molar-refractivity contribution < 1.29 is 9.90 Å². The normalized spacial score (nSPS) is 10.6. The van der Waals surface area contributed by atoms with Gasteiger partial charge in [-0.1, -0.05) is 18.2 Å². The van der Waals surface area contributed by atoms with Crippen molar-refractivity contribution in [2.45, 2.75) is 33.9 Å². The van der Waals surface area contributed by atoms with Crippen LogP contribution in [0.1, 0.15) is 23.9 Å². The van der Waals surface area contributed by atoms with Crippen LogP contribution in [0, 0.1) is 13.8 Å². The topological polar surface area (TPSA) is 76.2 Å². The van der Waals surface area contributed by atoms with Gasteiger partial charge in [-0.2, -0.15) is 5.10 Å². The Balaban J connectivity index is 0.000000817. The highest BCUT2D eigenvalue weighted by molar-refractivity contribution is 5.61. The monoisotopic (exact) mass is 369 g/mol. The van der Waals surface area contributed by atoms with E-state index in [1.165, 1.54) is 11.3 Å². The molecule has 7 nitrogen and oxygen atoms in total. The van der Waals surface area contributed by atoms with E-state index >= 15 is 0 Å². The van der Waals surface area contributed by atoms with Crippen LogP contribution in [0.3, 0.4) is 0 Å². The lowest BCUT2D eigenvalue weighted by molar-refractivity contribution is -0.122. The van der Waals surface area contributed by atoms with Gasteiger partial charge in [0, 0.05) is 31.0 Å². The Hall–Kier alpha value is -2.93. The molecule has 0 saturated heterocycles. The predicted molar refractivity (Wildman–Crippen MR) is 106 cm³/mol. The van der Waals surface area contributed by atoms with E-state index in [1.54, 1.807) is 0 Å². The Bertz CT molecular complexity index is 896. The third-order valence-electron chi connectivity index (χ3n) is 4.21. The van der Waals surface area contributed by atoms with Crippen molar-refractivity contribution >= 4 is 6.47 Å². The minimum Gasteiger partial charge on any atom is -0.483 e. The molecule has 0 fully saturated rings. The molecule has 0 aliphatic heterocycles. The zero-order valence-electron chi connectivity index (χ0n) is 16.5. The molecule has 2 aromatic heterocycles. The largest absolute Gasteiger partial charge is 0.483 e. The maximum atomic E-state index is 8.36. The summed E-state index contributed by atoms with van der Waals surface area (Å²) in [6.45, 7) is 7.82. The van der Waals surface area contributed by atoms with Gasteiger partial charge in [-0.3, -0.25) is 14.0 Å². The lowest BCUT2D eigenvalue weighted by Crippen LogP contribution is -2.10. The third-order valence-corrected chi connectivity index (χ3v) is 4.21. The molecular formula is C20H27N5O2. The van der Waals surface area contributed by atoms with Gasteiger partial charge in [-0.25, -0.2) is 4.98 Å². The number of aryl methyl sites for hydroxylation is 2. The summed E-state index contributed by atoms with van der Waals surface area (Å²) in [5, 5.41) is 11.5. The van der Waals surface area contributed by atoms with Gasteiger partial charge in [0.2, 0.25) is 0 Å². The first-order chi connectivity index (χ1) is 12.9. The first-order valence-electron chi connectivity index (χ1n) is 8.82. The van der Waals surface area contributed by atoms with E-state index in [0.29, 0.717) is 0 Å². The Kier molecular flexibility index (Phi) is 6.90. The Labute approximate surface area is 159 Å². The smallest absolute Gasteiger partial charge is 0.290 e. The maximum Gasteiger partial charge on any atom is 0.290 e. The molecule has 1 N–H and O–H groups in total. The third kappa shape index (κ3) is 4.62. The number of carbonyl (C=O) groups is 1. The van der Waals surface area contributed by atoms with Gasteiger partial charge >= 0.3 is 0 Å². The SMILES string of the molecule is CCn1nc(C)c(-n2ccnc2-c2cccc(CN(C)C)c2)c1C.O=CO. The molecule has 0 unspecified atom stereocenters. The summed E-state index contributed by atoms with van der Waals surface area (Å²) in [6.07, 6.45) is 3.88. The first kappa shape index (κ1) is 20.4. The standard InChI is InChI=1S/C19H25N5.CH2O2/c1-6-24-15(3)18(14(2)21-24)23-11-10-20-19(23)17-9-7-8-16(12-17)13-22(4)5;2-1-3/h7-12H,6,13H2,1-5H3;1H,(H,2,3). The first-order valence-corrected chi connectivity index (χ1v) is 8.82. The summed E-state index contributed by atoms with van der Waals surface area (Å²) in [7, 11) is 4.17. The second-order valence-corrected chi connectivity index (χ2v) is 6.50. The van der Waals surface area contributed by atoms with Crippen molar-refractivity contribution in [3.8, 4) is 17.1 Å². The fraction of sp³-hybridized carbons (Fsp3) is 0.350. The molecule has 0 aliphatic rings. The number of nitrogens with zero attached hydrogens (tertiary/aromatic N) is 5. The molecule has 0 radical (unpaired) electrons. The van der Waals surface area contributed by atoms with E-state index in [1.807, 2.05) is 17.1 Å². The second kappa shape index (κ2) is 9.14. The molecule has 0 spiro atoms. The highest BCUT2D eigenvalue weighted by atomic mass is 16.3. The van der Waals surface area contributed by atoms with Crippen molar-refractivity contribution in [2.24, 2.45) is 0 Å². The molecule has 0 saturated carbocycles. The van der Waals surface area contributed by atoms with Gasteiger partial charge in [0.1, 0.15) is 5.82 Å². The predicted octanol–water partition coefficient (Wildman–Crippen LogP) is 3.13. The van der Waals surface area contributed by atoms with Crippen LogP contribution in [0.25, 0.3) is 17.1 Å². The fourth-order valence-electron chi connectivity index (χ4n) is 3.22. The molecule has 27 heavy (non-hydrogen) atoms. The Morgan fingerprint density at radius 2 is 1.96 bits per heavy atom. The molecule has 3 aromatic rings. The second-order valence-electron chi connectivity index (χ2n) is 6.50. The zero-order valence-corrected chi connectivity index (χ0v) is 16.5. The van der Waals surface area contributed by atoms with Crippen LogP contribution in [0.5, 0.6) is 0 Å². The van der Waals surface area contributed by atoms with E-state index in [-0.39, 0.29) is 6.47 Å². The van der Waals surface area contributed by atoms with Crippen LogP contribution < -0.4 is 0 Å². The minimum absolute atomic E-state index is 0.250. The van der Waals surface area contributed by atoms with Gasteiger partial charge in [0.05, 0.1) is 17.1 Å². The molecule has 2 heterocycles. The van der Waals surface area contributed by atoms with Gasteiger partial charge in [0.15, 0.2) is 0 Å². The summed E-state index contributed by atoms with van der Waals surface area (Å²) in [4.78, 5) is 15.1. The quantitative estimate of drug-likeness (QED) is 0.699. The summed E-state index contributed by atoms with van der Waals surface area (Å²) < 4.78 is 4.19. The summed E-state index contributed by atoms with van der Waals surface area (Å²) in [6, 6.07) is 8.59. The van der Waals surface area contributed by atoms with Crippen molar-refractivity contribution in [1.82, 2.24) is 24.2 Å². The lowest BCUT2D eigenvalue weighted by atomic mass is 10.1. The van der Waals surface area contributed by atoms with Gasteiger partial charge in [0.25, 0.3) is 6.47 Å². The van der Waals surface area contributed by atoms with E-state index in [0.717, 1.165) is 35.9 Å². The van der Waals surface area contributed by atoms with Crippen LogP contribution in [-0.4, -0.2) is 49.9 Å². The summed E-state index contributed by atoms with van der Waals surface area (Å²) in [5.74, 6) is 0.956. The number of aromatic nitrogens is 4. The van der Waals surface area contributed by atoms with Crippen molar-refractivity contribution in [2.75, 3.05) is 14.1 Å². The van der Waals surface area contributed by atoms with E-state index in [4.69, 9.17) is 9.90 Å². The molecule has 0 bridgehead atoms. The number of imidazole rings is 1. The Morgan fingerprint density at radius 1 is 1.26 bits per heavy atom. The zero-order chi connectivity index (χ0) is 20.0. The van der Waals surface area contributed by atoms with Crippen LogP contribution in [0.2, 0.25) is 0 Å².